The molecule has 0 unspecified atom stereocenters. The van der Waals surface area contributed by atoms with Crippen LogP contribution < -0.4 is 10.7 Å². The lowest BCUT2D eigenvalue weighted by molar-refractivity contribution is 0.0938. The van der Waals surface area contributed by atoms with Gasteiger partial charge in [-0.25, -0.2) is 4.39 Å². The topological polar surface area (TPSA) is 51.1 Å². The summed E-state index contributed by atoms with van der Waals surface area (Å²) in [6.45, 7) is 1.84. The number of nitrogens with one attached hydrogen (secondary N) is 1. The van der Waals surface area contributed by atoms with Crippen LogP contribution in [0.3, 0.4) is 0 Å². The van der Waals surface area contributed by atoms with Crippen LogP contribution in [0.4, 0.5) is 4.39 Å². The molecule has 0 spiro atoms. The van der Waals surface area contributed by atoms with Crippen molar-refractivity contribution in [3.8, 4) is 0 Å². The van der Waals surface area contributed by atoms with Gasteiger partial charge in [-0.15, -0.1) is 0 Å². The number of aromatic nitrogens is 1. The van der Waals surface area contributed by atoms with Crippen LogP contribution in [0.2, 0.25) is 0 Å². The number of amides is 1. The Morgan fingerprint density at radius 1 is 1.24 bits per heavy atom. The number of rotatable bonds is 3. The minimum Gasteiger partial charge on any atom is -0.350 e. The molecule has 0 aliphatic carbocycles. The molecule has 6 heteroatoms. The van der Waals surface area contributed by atoms with Gasteiger partial charge in [-0.2, -0.15) is 0 Å². The zero-order valence-electron chi connectivity index (χ0n) is 13.7. The Hall–Kier alpha value is -2.47. The van der Waals surface area contributed by atoms with Gasteiger partial charge < -0.3 is 9.88 Å². The Morgan fingerprint density at radius 2 is 2.00 bits per heavy atom. The average molecular weight is 403 g/mol. The van der Waals surface area contributed by atoms with Crippen LogP contribution in [0, 0.1) is 5.82 Å². The summed E-state index contributed by atoms with van der Waals surface area (Å²) in [7, 11) is 1.72. The van der Waals surface area contributed by atoms with E-state index >= 15 is 0 Å². The van der Waals surface area contributed by atoms with E-state index in [1.54, 1.807) is 11.6 Å². The van der Waals surface area contributed by atoms with E-state index in [4.69, 9.17) is 0 Å². The number of fused-ring (bicyclic) bond motifs is 1. The zero-order chi connectivity index (χ0) is 18.1. The van der Waals surface area contributed by atoms with E-state index in [1.807, 2.05) is 31.2 Å². The third-order valence-corrected chi connectivity index (χ3v) is 4.58. The van der Waals surface area contributed by atoms with Crippen molar-refractivity contribution in [2.75, 3.05) is 0 Å². The molecule has 0 saturated carbocycles. The predicted molar refractivity (Wildman–Crippen MR) is 99.2 cm³/mol. The Bertz CT molecular complexity index is 1030. The third-order valence-electron chi connectivity index (χ3n) is 4.09. The number of pyridine rings is 1. The van der Waals surface area contributed by atoms with Crippen molar-refractivity contribution in [2.45, 2.75) is 13.0 Å². The minimum absolute atomic E-state index is 0.0116. The second-order valence-corrected chi connectivity index (χ2v) is 6.81. The van der Waals surface area contributed by atoms with E-state index in [0.29, 0.717) is 5.52 Å². The Labute approximate surface area is 152 Å². The van der Waals surface area contributed by atoms with Crippen molar-refractivity contribution in [1.29, 1.82) is 0 Å². The lowest BCUT2D eigenvalue weighted by Crippen LogP contribution is -2.31. The van der Waals surface area contributed by atoms with E-state index in [9.17, 15) is 14.0 Å². The summed E-state index contributed by atoms with van der Waals surface area (Å²) in [6, 6.07) is 11.3. The van der Waals surface area contributed by atoms with Gasteiger partial charge in [0.1, 0.15) is 11.4 Å². The van der Waals surface area contributed by atoms with Crippen molar-refractivity contribution in [2.24, 2.45) is 7.05 Å². The first-order chi connectivity index (χ1) is 11.9. The van der Waals surface area contributed by atoms with Gasteiger partial charge in [0.05, 0.1) is 11.6 Å². The van der Waals surface area contributed by atoms with Gasteiger partial charge in [-0.1, -0.05) is 28.1 Å². The number of benzene rings is 2. The van der Waals surface area contributed by atoms with Gasteiger partial charge in [-0.3, -0.25) is 9.59 Å². The van der Waals surface area contributed by atoms with Crippen molar-refractivity contribution >= 4 is 32.7 Å². The highest BCUT2D eigenvalue weighted by Crippen LogP contribution is 2.18. The first kappa shape index (κ1) is 17.4. The van der Waals surface area contributed by atoms with Crippen LogP contribution in [0.25, 0.3) is 10.9 Å². The quantitative estimate of drug-likeness (QED) is 0.721. The van der Waals surface area contributed by atoms with E-state index in [2.05, 4.69) is 21.2 Å². The molecule has 1 heterocycles. The summed E-state index contributed by atoms with van der Waals surface area (Å²) in [4.78, 5) is 25.2. The second kappa shape index (κ2) is 6.80. The molecule has 0 aliphatic heterocycles. The third kappa shape index (κ3) is 3.49. The van der Waals surface area contributed by atoms with E-state index in [0.717, 1.165) is 16.1 Å². The van der Waals surface area contributed by atoms with Crippen LogP contribution in [-0.2, 0) is 7.05 Å². The standard InChI is InChI=1S/C19H16BrFN2O2/c1-11(12-4-3-5-13(20)8-12)22-19(25)16-10-23(2)17-7-6-14(21)9-15(17)18(16)24/h3-11H,1-2H3,(H,22,25)/t11-/m0/s1. The van der Waals surface area contributed by atoms with Gasteiger partial charge >= 0.3 is 0 Å². The molecule has 1 N–H and O–H groups in total. The largest absolute Gasteiger partial charge is 0.350 e. The van der Waals surface area contributed by atoms with Crippen LogP contribution in [0.1, 0.15) is 28.9 Å². The summed E-state index contributed by atoms with van der Waals surface area (Å²) >= 11 is 3.40. The fourth-order valence-electron chi connectivity index (χ4n) is 2.76. The van der Waals surface area contributed by atoms with E-state index in [1.165, 1.54) is 18.3 Å². The molecule has 1 atom stereocenters. The molecular formula is C19H16BrFN2O2. The zero-order valence-corrected chi connectivity index (χ0v) is 15.3. The molecule has 3 aromatic rings. The SMILES string of the molecule is C[C@H](NC(=O)c1cn(C)c2ccc(F)cc2c1=O)c1cccc(Br)c1. The fourth-order valence-corrected chi connectivity index (χ4v) is 3.18. The van der Waals surface area contributed by atoms with Gasteiger partial charge in [0.2, 0.25) is 5.43 Å². The van der Waals surface area contributed by atoms with Gasteiger partial charge in [0, 0.05) is 23.1 Å². The monoisotopic (exact) mass is 402 g/mol. The van der Waals surface area contributed by atoms with Gasteiger partial charge in [-0.05, 0) is 42.8 Å². The summed E-state index contributed by atoms with van der Waals surface area (Å²) < 4.78 is 16.1. The molecule has 0 aliphatic rings. The highest BCUT2D eigenvalue weighted by atomic mass is 79.9. The summed E-state index contributed by atoms with van der Waals surface area (Å²) in [5.41, 5.74) is 0.989. The van der Waals surface area contributed by atoms with E-state index < -0.39 is 17.2 Å². The number of halogens is 2. The first-order valence-corrected chi connectivity index (χ1v) is 8.51. The highest BCUT2D eigenvalue weighted by Gasteiger charge is 2.17. The van der Waals surface area contributed by atoms with Crippen molar-refractivity contribution in [3.63, 3.8) is 0 Å². The first-order valence-electron chi connectivity index (χ1n) is 7.72. The Morgan fingerprint density at radius 3 is 2.72 bits per heavy atom. The fraction of sp³-hybridized carbons (Fsp3) is 0.158. The van der Waals surface area contributed by atoms with Crippen LogP contribution in [-0.4, -0.2) is 10.5 Å². The molecule has 0 radical (unpaired) electrons. The number of carbonyl (C=O) groups excluding carboxylic acids is 1. The maximum Gasteiger partial charge on any atom is 0.257 e. The molecule has 128 valence electrons. The maximum absolute atomic E-state index is 13.5. The smallest absolute Gasteiger partial charge is 0.257 e. The summed E-state index contributed by atoms with van der Waals surface area (Å²) in [5.74, 6) is -0.996. The molecule has 1 aromatic heterocycles. The van der Waals surface area contributed by atoms with Gasteiger partial charge in [0.15, 0.2) is 0 Å². The Balaban J connectivity index is 1.97. The maximum atomic E-state index is 13.5. The molecule has 2 aromatic carbocycles. The van der Waals surface area contributed by atoms with Crippen LogP contribution in [0.15, 0.2) is 57.9 Å². The molecule has 4 nitrogen and oxygen atoms in total. The molecule has 0 saturated heterocycles. The predicted octanol–water partition coefficient (Wildman–Crippen LogP) is 3.93. The molecular weight excluding hydrogens is 387 g/mol. The van der Waals surface area contributed by atoms with Crippen LogP contribution >= 0.6 is 15.9 Å². The van der Waals surface area contributed by atoms with Gasteiger partial charge in [0.25, 0.3) is 5.91 Å². The van der Waals surface area contributed by atoms with E-state index in [-0.39, 0.29) is 17.0 Å². The molecule has 25 heavy (non-hydrogen) atoms. The normalized spacial score (nSPS) is 12.2. The summed E-state index contributed by atoms with van der Waals surface area (Å²) in [6.07, 6.45) is 1.48. The lowest BCUT2D eigenvalue weighted by Gasteiger charge is -2.15. The number of aryl methyl sites for hydroxylation is 1. The number of hydrogen-bond acceptors (Lipinski definition) is 2. The molecule has 0 bridgehead atoms. The van der Waals surface area contributed by atoms with Crippen molar-refractivity contribution in [3.05, 3.63) is 80.3 Å². The minimum atomic E-state index is -0.510. The highest BCUT2D eigenvalue weighted by molar-refractivity contribution is 9.10. The molecule has 3 rings (SSSR count). The molecule has 0 fully saturated rings. The number of nitrogens with zero attached hydrogens (tertiary/aromatic N) is 1. The average Bonchev–Trinajstić information content (AvgIpc) is 2.57. The van der Waals surface area contributed by atoms with Crippen molar-refractivity contribution < 1.29 is 9.18 Å². The van der Waals surface area contributed by atoms with Crippen LogP contribution in [0.5, 0.6) is 0 Å². The van der Waals surface area contributed by atoms with Crippen molar-refractivity contribution in [1.82, 2.24) is 9.88 Å². The number of hydrogen-bond donors (Lipinski definition) is 1. The summed E-state index contributed by atoms with van der Waals surface area (Å²) in [5, 5.41) is 3.01. The molecule has 1 amide bonds. The lowest BCUT2D eigenvalue weighted by atomic mass is 10.1. The number of carbonyl (C=O) groups is 1. The Kier molecular flexibility index (Phi) is 4.72. The second-order valence-electron chi connectivity index (χ2n) is 5.89.